The number of fused-ring (bicyclic) bond motifs is 1. The van der Waals surface area contributed by atoms with Gasteiger partial charge in [0.1, 0.15) is 5.75 Å². The third-order valence-corrected chi connectivity index (χ3v) is 7.06. The number of aliphatic hydroxyl groups is 1. The molecule has 2 aliphatic carbocycles. The molecule has 2 heterocycles. The van der Waals surface area contributed by atoms with Crippen molar-refractivity contribution in [3.05, 3.63) is 29.3 Å². The number of ether oxygens (including phenoxy) is 2. The minimum absolute atomic E-state index is 0.233. The SMILES string of the molecule is COc1ccc2c(c1)[C@]13CCN(CC4CC4)[C@H](C2)[C@]1(O)CCOC3. The van der Waals surface area contributed by atoms with Gasteiger partial charge in [0.25, 0.3) is 0 Å². The number of hydrogen-bond donors (Lipinski definition) is 1. The van der Waals surface area contributed by atoms with Crippen LogP contribution in [0.25, 0.3) is 0 Å². The predicted molar refractivity (Wildman–Crippen MR) is 91.5 cm³/mol. The van der Waals surface area contributed by atoms with Gasteiger partial charge in [0.2, 0.25) is 0 Å². The highest BCUT2D eigenvalue weighted by Gasteiger charge is 2.64. The van der Waals surface area contributed by atoms with Gasteiger partial charge in [-0.05, 0) is 61.4 Å². The lowest BCUT2D eigenvalue weighted by Gasteiger charge is -2.63. The second-order valence-electron chi connectivity index (χ2n) is 8.24. The Morgan fingerprint density at radius 3 is 3.00 bits per heavy atom. The molecule has 0 aromatic heterocycles. The van der Waals surface area contributed by atoms with E-state index in [0.717, 1.165) is 44.0 Å². The summed E-state index contributed by atoms with van der Waals surface area (Å²) >= 11 is 0. The molecule has 1 aromatic carbocycles. The summed E-state index contributed by atoms with van der Waals surface area (Å²) in [5, 5.41) is 11.9. The Morgan fingerprint density at radius 1 is 1.33 bits per heavy atom. The first-order chi connectivity index (χ1) is 11.7. The van der Waals surface area contributed by atoms with Gasteiger partial charge < -0.3 is 14.6 Å². The van der Waals surface area contributed by atoms with Gasteiger partial charge in [-0.3, -0.25) is 4.90 Å². The Labute approximate surface area is 143 Å². The summed E-state index contributed by atoms with van der Waals surface area (Å²) < 4.78 is 11.4. The molecule has 24 heavy (non-hydrogen) atoms. The fourth-order valence-corrected chi connectivity index (χ4v) is 5.51. The van der Waals surface area contributed by atoms with Gasteiger partial charge in [0.05, 0.1) is 24.7 Å². The van der Waals surface area contributed by atoms with Gasteiger partial charge in [-0.15, -0.1) is 0 Å². The van der Waals surface area contributed by atoms with E-state index in [1.807, 2.05) is 0 Å². The minimum Gasteiger partial charge on any atom is -0.497 e. The van der Waals surface area contributed by atoms with Crippen LogP contribution < -0.4 is 4.74 Å². The van der Waals surface area contributed by atoms with E-state index in [1.54, 1.807) is 7.11 Å². The number of hydrogen-bond acceptors (Lipinski definition) is 4. The maximum absolute atomic E-state index is 11.9. The summed E-state index contributed by atoms with van der Waals surface area (Å²) in [5.74, 6) is 1.74. The molecule has 2 aliphatic heterocycles. The van der Waals surface area contributed by atoms with Crippen LogP contribution in [0.2, 0.25) is 0 Å². The third-order valence-electron chi connectivity index (χ3n) is 7.06. The van der Waals surface area contributed by atoms with E-state index in [4.69, 9.17) is 9.47 Å². The summed E-state index contributed by atoms with van der Waals surface area (Å²) in [6, 6.07) is 6.65. The van der Waals surface area contributed by atoms with Crippen molar-refractivity contribution < 1.29 is 14.6 Å². The topological polar surface area (TPSA) is 41.9 Å². The van der Waals surface area contributed by atoms with Gasteiger partial charge in [-0.2, -0.15) is 0 Å². The Hall–Kier alpha value is -1.10. The van der Waals surface area contributed by atoms with Gasteiger partial charge in [0.15, 0.2) is 0 Å². The maximum Gasteiger partial charge on any atom is 0.119 e. The molecular weight excluding hydrogens is 302 g/mol. The number of rotatable bonds is 3. The van der Waals surface area contributed by atoms with E-state index in [2.05, 4.69) is 23.1 Å². The van der Waals surface area contributed by atoms with Crippen molar-refractivity contribution in [2.24, 2.45) is 5.92 Å². The monoisotopic (exact) mass is 329 g/mol. The average molecular weight is 329 g/mol. The quantitative estimate of drug-likeness (QED) is 0.922. The number of benzene rings is 1. The molecule has 3 atom stereocenters. The Kier molecular flexibility index (Phi) is 3.29. The van der Waals surface area contributed by atoms with Crippen molar-refractivity contribution in [1.29, 1.82) is 0 Å². The zero-order valence-electron chi connectivity index (χ0n) is 14.5. The Morgan fingerprint density at radius 2 is 2.21 bits per heavy atom. The number of methoxy groups -OCH3 is 1. The van der Waals surface area contributed by atoms with Crippen LogP contribution in [-0.2, 0) is 16.6 Å². The molecule has 5 rings (SSSR count). The standard InChI is InChI=1S/C20H27NO3/c1-23-16-5-4-15-10-18-20(22)7-9-24-13-19(20,17(15)11-16)6-8-21(18)12-14-2-3-14/h4-5,11,14,18,22H,2-3,6-10,12-13H2,1H3/t18-,19-,20-/m1/s1. The van der Waals surface area contributed by atoms with Crippen LogP contribution in [-0.4, -0.2) is 55.1 Å². The Balaban J connectivity index is 1.62. The lowest BCUT2D eigenvalue weighted by Crippen LogP contribution is -2.74. The lowest BCUT2D eigenvalue weighted by molar-refractivity contribution is -0.202. The van der Waals surface area contributed by atoms with E-state index in [-0.39, 0.29) is 11.5 Å². The largest absolute Gasteiger partial charge is 0.497 e. The van der Waals surface area contributed by atoms with Gasteiger partial charge in [0, 0.05) is 25.6 Å². The van der Waals surface area contributed by atoms with Gasteiger partial charge in [-0.1, -0.05) is 6.07 Å². The average Bonchev–Trinajstić information content (AvgIpc) is 3.41. The first-order valence-electron chi connectivity index (χ1n) is 9.38. The van der Waals surface area contributed by atoms with Crippen LogP contribution in [0.5, 0.6) is 5.75 Å². The van der Waals surface area contributed by atoms with Crippen molar-refractivity contribution in [3.63, 3.8) is 0 Å². The summed E-state index contributed by atoms with van der Waals surface area (Å²) in [6.07, 6.45) is 5.40. The molecule has 130 valence electrons. The van der Waals surface area contributed by atoms with Crippen molar-refractivity contribution in [3.8, 4) is 5.75 Å². The normalized spacial score (nSPS) is 38.3. The third kappa shape index (κ3) is 1.97. The zero-order chi connectivity index (χ0) is 16.4. The smallest absolute Gasteiger partial charge is 0.119 e. The summed E-state index contributed by atoms with van der Waals surface area (Å²) in [6.45, 7) is 3.54. The summed E-state index contributed by atoms with van der Waals surface area (Å²) in [5.41, 5.74) is 1.71. The lowest BCUT2D eigenvalue weighted by atomic mass is 9.53. The highest BCUT2D eigenvalue weighted by Crippen LogP contribution is 2.55. The van der Waals surface area contributed by atoms with Gasteiger partial charge >= 0.3 is 0 Å². The van der Waals surface area contributed by atoms with E-state index >= 15 is 0 Å². The van der Waals surface area contributed by atoms with E-state index in [0.29, 0.717) is 13.2 Å². The molecule has 4 heteroatoms. The number of piperidine rings is 1. The molecule has 3 fully saturated rings. The minimum atomic E-state index is -0.669. The second-order valence-corrected chi connectivity index (χ2v) is 8.24. The maximum atomic E-state index is 11.9. The molecule has 0 spiro atoms. The fourth-order valence-electron chi connectivity index (χ4n) is 5.51. The predicted octanol–water partition coefficient (Wildman–Crippen LogP) is 2.12. The first-order valence-corrected chi connectivity index (χ1v) is 9.38. The molecule has 0 amide bonds. The zero-order valence-corrected chi connectivity index (χ0v) is 14.5. The summed E-state index contributed by atoms with van der Waals surface area (Å²) in [4.78, 5) is 2.59. The fraction of sp³-hybridized carbons (Fsp3) is 0.700. The molecule has 2 bridgehead atoms. The van der Waals surface area contributed by atoms with Crippen LogP contribution in [0.1, 0.15) is 36.8 Å². The number of likely N-dealkylation sites (tertiary alicyclic amines) is 1. The summed E-state index contributed by atoms with van der Waals surface area (Å²) in [7, 11) is 1.72. The van der Waals surface area contributed by atoms with Crippen LogP contribution in [0, 0.1) is 5.92 Å². The second kappa shape index (κ2) is 5.20. The van der Waals surface area contributed by atoms with E-state index in [9.17, 15) is 5.11 Å². The molecule has 0 radical (unpaired) electrons. The molecule has 2 saturated heterocycles. The molecule has 4 nitrogen and oxygen atoms in total. The van der Waals surface area contributed by atoms with Gasteiger partial charge in [-0.25, -0.2) is 0 Å². The molecular formula is C20H27NO3. The van der Waals surface area contributed by atoms with Crippen LogP contribution in [0.4, 0.5) is 0 Å². The van der Waals surface area contributed by atoms with Crippen molar-refractivity contribution in [2.75, 3.05) is 33.4 Å². The Bertz CT molecular complexity index is 658. The van der Waals surface area contributed by atoms with Crippen LogP contribution in [0.15, 0.2) is 18.2 Å². The van der Waals surface area contributed by atoms with E-state index < -0.39 is 5.60 Å². The highest BCUT2D eigenvalue weighted by atomic mass is 16.5. The molecule has 1 saturated carbocycles. The molecule has 1 aromatic rings. The van der Waals surface area contributed by atoms with Crippen molar-refractivity contribution in [1.82, 2.24) is 4.90 Å². The first kappa shape index (κ1) is 15.2. The molecule has 0 unspecified atom stereocenters. The van der Waals surface area contributed by atoms with Crippen LogP contribution >= 0.6 is 0 Å². The van der Waals surface area contributed by atoms with Crippen molar-refractivity contribution >= 4 is 0 Å². The van der Waals surface area contributed by atoms with Crippen molar-refractivity contribution in [2.45, 2.75) is 49.2 Å². The van der Waals surface area contributed by atoms with E-state index in [1.165, 1.54) is 24.0 Å². The molecule has 1 N–H and O–H groups in total. The van der Waals surface area contributed by atoms with Crippen LogP contribution in [0.3, 0.4) is 0 Å². The molecule has 4 aliphatic rings. The number of nitrogens with zero attached hydrogens (tertiary/aromatic N) is 1. The highest BCUT2D eigenvalue weighted by molar-refractivity contribution is 5.48.